The van der Waals surface area contributed by atoms with Gasteiger partial charge in [-0.1, -0.05) is 41.4 Å². The minimum Gasteiger partial charge on any atom is -0.368 e. The van der Waals surface area contributed by atoms with Gasteiger partial charge in [-0.15, -0.1) is 0 Å². The van der Waals surface area contributed by atoms with Crippen molar-refractivity contribution in [2.75, 3.05) is 31.1 Å². The number of anilines is 1. The summed E-state index contributed by atoms with van der Waals surface area (Å²) in [6.45, 7) is 2.60. The van der Waals surface area contributed by atoms with Gasteiger partial charge < -0.3 is 9.80 Å². The van der Waals surface area contributed by atoms with Crippen LogP contribution in [-0.2, 0) is 11.3 Å². The molecule has 2 aromatic carbocycles. The van der Waals surface area contributed by atoms with E-state index >= 15 is 0 Å². The van der Waals surface area contributed by atoms with E-state index in [-0.39, 0.29) is 18.0 Å². The molecule has 0 spiro atoms. The Kier molecular flexibility index (Phi) is 6.06. The van der Waals surface area contributed by atoms with Crippen molar-refractivity contribution >= 4 is 34.8 Å². The maximum atomic E-state index is 12.7. The Balaban J connectivity index is 1.38. The molecular formula is C22H20Cl2N4O2. The van der Waals surface area contributed by atoms with Crippen LogP contribution in [-0.4, -0.2) is 46.5 Å². The zero-order valence-corrected chi connectivity index (χ0v) is 17.7. The zero-order chi connectivity index (χ0) is 21.1. The molecule has 1 aliphatic heterocycles. The van der Waals surface area contributed by atoms with Gasteiger partial charge in [-0.05, 0) is 30.3 Å². The number of nitrogens with zero attached hydrogens (tertiary/aromatic N) is 4. The lowest BCUT2D eigenvalue weighted by molar-refractivity contribution is -0.132. The van der Waals surface area contributed by atoms with E-state index in [0.29, 0.717) is 41.9 Å². The van der Waals surface area contributed by atoms with E-state index in [4.69, 9.17) is 23.2 Å². The molecule has 0 unspecified atom stereocenters. The van der Waals surface area contributed by atoms with Crippen molar-refractivity contribution in [3.05, 3.63) is 81.3 Å². The molecule has 154 valence electrons. The molecule has 0 N–H and O–H groups in total. The lowest BCUT2D eigenvalue weighted by Crippen LogP contribution is -2.50. The molecule has 2 heterocycles. The number of carbonyl (C=O) groups excluding carboxylic acids is 1. The predicted octanol–water partition coefficient (Wildman–Crippen LogP) is 3.57. The first-order chi connectivity index (χ1) is 14.5. The topological polar surface area (TPSA) is 58.4 Å². The van der Waals surface area contributed by atoms with E-state index in [9.17, 15) is 9.59 Å². The Morgan fingerprint density at radius 1 is 0.933 bits per heavy atom. The number of rotatable bonds is 4. The summed E-state index contributed by atoms with van der Waals surface area (Å²) in [5.41, 5.74) is 2.14. The van der Waals surface area contributed by atoms with Gasteiger partial charge in [0.15, 0.2) is 0 Å². The average Bonchev–Trinajstić information content (AvgIpc) is 2.76. The third-order valence-electron chi connectivity index (χ3n) is 5.13. The molecule has 6 nitrogen and oxygen atoms in total. The van der Waals surface area contributed by atoms with Gasteiger partial charge in [-0.3, -0.25) is 14.2 Å². The van der Waals surface area contributed by atoms with E-state index in [1.807, 2.05) is 24.3 Å². The van der Waals surface area contributed by atoms with Crippen molar-refractivity contribution in [3.63, 3.8) is 0 Å². The van der Waals surface area contributed by atoms with E-state index in [1.165, 1.54) is 17.0 Å². The van der Waals surface area contributed by atoms with Gasteiger partial charge >= 0.3 is 0 Å². The van der Waals surface area contributed by atoms with Crippen LogP contribution in [0.3, 0.4) is 0 Å². The standard InChI is InChI=1S/C22H20Cl2N4O2/c23-17-6-4-16(5-7-17)20-13-21(29)28(15-25-20)14-22(30)27-10-8-26(9-11-27)19-3-1-2-18(24)12-19/h1-7,12-13,15H,8-11,14H2. The van der Waals surface area contributed by atoms with Gasteiger partial charge in [0, 0.05) is 53.5 Å². The molecule has 0 saturated carbocycles. The minimum atomic E-state index is -0.263. The van der Waals surface area contributed by atoms with Crippen LogP contribution < -0.4 is 10.5 Å². The summed E-state index contributed by atoms with van der Waals surface area (Å²) in [5.74, 6) is -0.0936. The van der Waals surface area contributed by atoms with Crippen molar-refractivity contribution in [1.29, 1.82) is 0 Å². The summed E-state index contributed by atoms with van der Waals surface area (Å²) in [6, 6.07) is 16.2. The first kappa shape index (κ1) is 20.4. The number of aromatic nitrogens is 2. The lowest BCUT2D eigenvalue weighted by Gasteiger charge is -2.36. The zero-order valence-electron chi connectivity index (χ0n) is 16.2. The second-order valence-corrected chi connectivity index (χ2v) is 7.97. The van der Waals surface area contributed by atoms with E-state index in [1.54, 1.807) is 29.2 Å². The van der Waals surface area contributed by atoms with Crippen LogP contribution in [0.2, 0.25) is 10.0 Å². The Bertz CT molecular complexity index is 1110. The number of hydrogen-bond donors (Lipinski definition) is 0. The lowest BCUT2D eigenvalue weighted by atomic mass is 10.1. The minimum absolute atomic E-state index is 0.0239. The average molecular weight is 443 g/mol. The maximum absolute atomic E-state index is 12.7. The van der Waals surface area contributed by atoms with Gasteiger partial charge in [0.2, 0.25) is 5.91 Å². The van der Waals surface area contributed by atoms with Crippen molar-refractivity contribution in [1.82, 2.24) is 14.5 Å². The molecule has 0 bridgehead atoms. The number of carbonyl (C=O) groups is 1. The number of amides is 1. The third-order valence-corrected chi connectivity index (χ3v) is 5.62. The maximum Gasteiger partial charge on any atom is 0.254 e. The summed E-state index contributed by atoms with van der Waals surface area (Å²) in [6.07, 6.45) is 1.42. The van der Waals surface area contributed by atoms with Crippen LogP contribution >= 0.6 is 23.2 Å². The molecule has 8 heteroatoms. The molecule has 0 aliphatic carbocycles. The normalized spacial score (nSPS) is 14.1. The molecule has 4 rings (SSSR count). The van der Waals surface area contributed by atoms with Crippen molar-refractivity contribution in [2.45, 2.75) is 6.54 Å². The summed E-state index contributed by atoms with van der Waals surface area (Å²) in [4.78, 5) is 33.5. The van der Waals surface area contributed by atoms with Gasteiger partial charge in [-0.25, -0.2) is 4.98 Å². The third kappa shape index (κ3) is 4.66. The van der Waals surface area contributed by atoms with Gasteiger partial charge in [0.05, 0.1) is 12.0 Å². The molecule has 1 amide bonds. The Morgan fingerprint density at radius 2 is 1.67 bits per heavy atom. The van der Waals surface area contributed by atoms with Crippen LogP contribution in [0.5, 0.6) is 0 Å². The quantitative estimate of drug-likeness (QED) is 0.619. The fourth-order valence-corrected chi connectivity index (χ4v) is 3.77. The van der Waals surface area contributed by atoms with E-state index < -0.39 is 0 Å². The Hall–Kier alpha value is -2.83. The van der Waals surface area contributed by atoms with Crippen LogP contribution in [0.1, 0.15) is 0 Å². The van der Waals surface area contributed by atoms with Gasteiger partial charge in [0.1, 0.15) is 6.54 Å². The first-order valence-electron chi connectivity index (χ1n) is 9.60. The molecule has 1 aliphatic rings. The Labute approximate surface area is 184 Å². The second-order valence-electron chi connectivity index (χ2n) is 7.09. The molecular weight excluding hydrogens is 423 g/mol. The fraction of sp³-hybridized carbons (Fsp3) is 0.227. The SMILES string of the molecule is O=C(Cn1cnc(-c2ccc(Cl)cc2)cc1=O)N1CCN(c2cccc(Cl)c2)CC1. The van der Waals surface area contributed by atoms with Crippen molar-refractivity contribution in [3.8, 4) is 11.3 Å². The molecule has 30 heavy (non-hydrogen) atoms. The summed E-state index contributed by atoms with van der Waals surface area (Å²) < 4.78 is 1.34. The Morgan fingerprint density at radius 3 is 2.33 bits per heavy atom. The van der Waals surface area contributed by atoms with Gasteiger partial charge in [-0.2, -0.15) is 0 Å². The van der Waals surface area contributed by atoms with Crippen molar-refractivity contribution < 1.29 is 4.79 Å². The van der Waals surface area contributed by atoms with Crippen LogP contribution in [0.25, 0.3) is 11.3 Å². The predicted molar refractivity (Wildman–Crippen MR) is 119 cm³/mol. The van der Waals surface area contributed by atoms with Gasteiger partial charge in [0.25, 0.3) is 5.56 Å². The highest BCUT2D eigenvalue weighted by Gasteiger charge is 2.22. The molecule has 1 saturated heterocycles. The number of hydrogen-bond acceptors (Lipinski definition) is 4. The molecule has 0 atom stereocenters. The van der Waals surface area contributed by atoms with Crippen LogP contribution in [0, 0.1) is 0 Å². The number of benzene rings is 2. The highest BCUT2D eigenvalue weighted by molar-refractivity contribution is 6.31. The molecule has 1 fully saturated rings. The molecule has 3 aromatic rings. The van der Waals surface area contributed by atoms with Crippen LogP contribution in [0.4, 0.5) is 5.69 Å². The van der Waals surface area contributed by atoms with E-state index in [2.05, 4.69) is 9.88 Å². The molecule has 1 aromatic heterocycles. The highest BCUT2D eigenvalue weighted by atomic mass is 35.5. The largest absolute Gasteiger partial charge is 0.368 e. The van der Waals surface area contributed by atoms with Crippen LogP contribution in [0.15, 0.2) is 65.7 Å². The number of halogens is 2. The fourth-order valence-electron chi connectivity index (χ4n) is 3.46. The summed E-state index contributed by atoms with van der Waals surface area (Å²) in [7, 11) is 0. The van der Waals surface area contributed by atoms with E-state index in [0.717, 1.165) is 11.3 Å². The highest BCUT2D eigenvalue weighted by Crippen LogP contribution is 2.21. The second kappa shape index (κ2) is 8.90. The summed E-state index contributed by atoms with van der Waals surface area (Å²) in [5, 5.41) is 1.31. The number of piperazine rings is 1. The smallest absolute Gasteiger partial charge is 0.254 e. The van der Waals surface area contributed by atoms with Crippen molar-refractivity contribution in [2.24, 2.45) is 0 Å². The molecule has 0 radical (unpaired) electrons. The summed E-state index contributed by atoms with van der Waals surface area (Å²) >= 11 is 12.0. The first-order valence-corrected chi connectivity index (χ1v) is 10.4. The monoisotopic (exact) mass is 442 g/mol.